The molecule has 2 atom stereocenters. The van der Waals surface area contributed by atoms with Crippen LogP contribution in [0, 0.1) is 28.6 Å². The number of nitrogens with two attached hydrogens (primary N) is 1. The second-order valence-corrected chi connectivity index (χ2v) is 5.31. The van der Waals surface area contributed by atoms with Crippen LogP contribution in [0.1, 0.15) is 26.2 Å². The molecule has 0 radical (unpaired) electrons. The Balaban J connectivity index is 2.52. The number of hydrogen-bond donors (Lipinski definition) is 1. The van der Waals surface area contributed by atoms with Crippen LogP contribution in [0.25, 0.3) is 0 Å². The second-order valence-electron chi connectivity index (χ2n) is 5.31. The molecule has 1 aliphatic rings. The maximum absolute atomic E-state index is 12.3. The number of likely N-dealkylation sites (tertiary alicyclic amines) is 1. The van der Waals surface area contributed by atoms with Crippen molar-refractivity contribution in [3.05, 3.63) is 0 Å². The highest BCUT2D eigenvalue weighted by Gasteiger charge is 2.30. The van der Waals surface area contributed by atoms with E-state index in [0.29, 0.717) is 51.0 Å². The van der Waals surface area contributed by atoms with Crippen molar-refractivity contribution in [3.8, 4) is 12.1 Å². The maximum Gasteiger partial charge on any atom is 0.236 e. The maximum atomic E-state index is 12.3. The van der Waals surface area contributed by atoms with E-state index in [2.05, 4.69) is 11.8 Å². The molecule has 110 valence electrons. The van der Waals surface area contributed by atoms with Gasteiger partial charge in [-0.15, -0.1) is 0 Å². The van der Waals surface area contributed by atoms with Crippen LogP contribution in [0.5, 0.6) is 0 Å². The molecule has 1 fully saturated rings. The third-order valence-corrected chi connectivity index (χ3v) is 3.80. The zero-order valence-electron chi connectivity index (χ0n) is 12.1. The van der Waals surface area contributed by atoms with Crippen LogP contribution in [0.2, 0.25) is 0 Å². The highest BCUT2D eigenvalue weighted by atomic mass is 16.2. The third-order valence-electron chi connectivity index (χ3n) is 3.80. The van der Waals surface area contributed by atoms with Crippen LogP contribution < -0.4 is 5.73 Å². The molecule has 2 unspecified atom stereocenters. The van der Waals surface area contributed by atoms with Crippen LogP contribution in [0.3, 0.4) is 0 Å². The summed E-state index contributed by atoms with van der Waals surface area (Å²) in [6, 6.07) is 4.44. The minimum absolute atomic E-state index is 0.0000198. The van der Waals surface area contributed by atoms with Gasteiger partial charge in [0.25, 0.3) is 0 Å². The Morgan fingerprint density at radius 3 is 2.40 bits per heavy atom. The van der Waals surface area contributed by atoms with Gasteiger partial charge in [0.05, 0.1) is 31.5 Å². The standard InChI is InChI=1S/C14H23N5O/c1-12-8-13(9-17)10-19(12)11-14(20)18(6-2-4-15)7-3-5-16/h12-13H,2-3,6-11,17H2,1H3. The molecular formula is C14H23N5O. The van der Waals surface area contributed by atoms with E-state index in [9.17, 15) is 4.79 Å². The van der Waals surface area contributed by atoms with E-state index in [4.69, 9.17) is 16.3 Å². The van der Waals surface area contributed by atoms with E-state index in [1.54, 1.807) is 4.90 Å². The molecule has 0 aromatic heterocycles. The average Bonchev–Trinajstić information content (AvgIpc) is 2.79. The van der Waals surface area contributed by atoms with Crippen LogP contribution in [-0.2, 0) is 4.79 Å². The van der Waals surface area contributed by atoms with Gasteiger partial charge >= 0.3 is 0 Å². The van der Waals surface area contributed by atoms with E-state index >= 15 is 0 Å². The van der Waals surface area contributed by atoms with Crippen molar-refractivity contribution >= 4 is 5.91 Å². The Morgan fingerprint density at radius 1 is 1.35 bits per heavy atom. The third kappa shape index (κ3) is 4.80. The molecule has 1 aliphatic heterocycles. The van der Waals surface area contributed by atoms with Crippen molar-refractivity contribution in [3.63, 3.8) is 0 Å². The Hall–Kier alpha value is -1.63. The number of hydrogen-bond acceptors (Lipinski definition) is 5. The normalized spacial score (nSPS) is 22.2. The molecular weight excluding hydrogens is 254 g/mol. The lowest BCUT2D eigenvalue weighted by atomic mass is 10.1. The molecule has 0 spiro atoms. The zero-order valence-corrected chi connectivity index (χ0v) is 12.1. The topological polar surface area (TPSA) is 97.2 Å². The van der Waals surface area contributed by atoms with Crippen molar-refractivity contribution < 1.29 is 4.79 Å². The summed E-state index contributed by atoms with van der Waals surface area (Å²) in [6.45, 7) is 4.78. The summed E-state index contributed by atoms with van der Waals surface area (Å²) in [5, 5.41) is 17.3. The second kappa shape index (κ2) is 8.52. The van der Waals surface area contributed by atoms with Crippen molar-refractivity contribution in [2.24, 2.45) is 11.7 Å². The van der Waals surface area contributed by atoms with Crippen molar-refractivity contribution in [2.45, 2.75) is 32.2 Å². The van der Waals surface area contributed by atoms with E-state index in [-0.39, 0.29) is 5.91 Å². The Kier molecular flexibility index (Phi) is 7.00. The molecule has 0 aliphatic carbocycles. The average molecular weight is 277 g/mol. The van der Waals surface area contributed by atoms with Gasteiger partial charge in [0.1, 0.15) is 0 Å². The summed E-state index contributed by atoms with van der Waals surface area (Å²) in [4.78, 5) is 16.1. The predicted octanol–water partition coefficient (Wildman–Crippen LogP) is 0.311. The summed E-state index contributed by atoms with van der Waals surface area (Å²) in [6.07, 6.45) is 1.64. The van der Waals surface area contributed by atoms with Crippen LogP contribution in [0.4, 0.5) is 0 Å². The van der Waals surface area contributed by atoms with Crippen LogP contribution in [-0.4, -0.2) is 54.5 Å². The summed E-state index contributed by atoms with van der Waals surface area (Å²) in [5.41, 5.74) is 5.69. The quantitative estimate of drug-likeness (QED) is 0.722. The molecule has 0 aromatic carbocycles. The van der Waals surface area contributed by atoms with Gasteiger partial charge in [-0.2, -0.15) is 10.5 Å². The fourth-order valence-electron chi connectivity index (χ4n) is 2.61. The van der Waals surface area contributed by atoms with Gasteiger partial charge in [-0.25, -0.2) is 0 Å². The monoisotopic (exact) mass is 277 g/mol. The van der Waals surface area contributed by atoms with E-state index in [0.717, 1.165) is 13.0 Å². The number of amides is 1. The minimum Gasteiger partial charge on any atom is -0.340 e. The van der Waals surface area contributed by atoms with Gasteiger partial charge in [0.15, 0.2) is 0 Å². The molecule has 2 N–H and O–H groups in total. The number of nitriles is 2. The fraction of sp³-hybridized carbons (Fsp3) is 0.786. The molecule has 0 aromatic rings. The number of carbonyl (C=O) groups is 1. The van der Waals surface area contributed by atoms with Crippen molar-refractivity contribution in [1.82, 2.24) is 9.80 Å². The summed E-state index contributed by atoms with van der Waals surface area (Å²) >= 11 is 0. The molecule has 0 bridgehead atoms. The van der Waals surface area contributed by atoms with Crippen molar-refractivity contribution in [1.29, 1.82) is 10.5 Å². The van der Waals surface area contributed by atoms with Crippen molar-refractivity contribution in [2.75, 3.05) is 32.7 Å². The first kappa shape index (κ1) is 16.4. The van der Waals surface area contributed by atoms with Crippen LogP contribution >= 0.6 is 0 Å². The van der Waals surface area contributed by atoms with Gasteiger partial charge in [-0.3, -0.25) is 9.69 Å². The molecule has 1 heterocycles. The molecule has 0 saturated carbocycles. The highest BCUT2D eigenvalue weighted by molar-refractivity contribution is 5.78. The smallest absolute Gasteiger partial charge is 0.236 e. The Labute approximate surface area is 120 Å². The summed E-state index contributed by atoms with van der Waals surface area (Å²) in [7, 11) is 0. The lowest BCUT2D eigenvalue weighted by molar-refractivity contribution is -0.132. The molecule has 6 nitrogen and oxygen atoms in total. The van der Waals surface area contributed by atoms with Gasteiger partial charge in [-0.1, -0.05) is 0 Å². The Morgan fingerprint density at radius 2 is 1.95 bits per heavy atom. The minimum atomic E-state index is 0.0000198. The summed E-state index contributed by atoms with van der Waals surface area (Å²) < 4.78 is 0. The molecule has 20 heavy (non-hydrogen) atoms. The fourth-order valence-corrected chi connectivity index (χ4v) is 2.61. The number of nitrogens with zero attached hydrogens (tertiary/aromatic N) is 4. The largest absolute Gasteiger partial charge is 0.340 e. The van der Waals surface area contributed by atoms with Gasteiger partial charge in [0.2, 0.25) is 5.91 Å². The van der Waals surface area contributed by atoms with Crippen LogP contribution in [0.15, 0.2) is 0 Å². The summed E-state index contributed by atoms with van der Waals surface area (Å²) in [5.74, 6) is 0.462. The first-order valence-electron chi connectivity index (χ1n) is 7.08. The predicted molar refractivity (Wildman–Crippen MR) is 75.2 cm³/mol. The van der Waals surface area contributed by atoms with Gasteiger partial charge in [0, 0.05) is 25.7 Å². The lowest BCUT2D eigenvalue weighted by Gasteiger charge is -2.26. The number of rotatable bonds is 7. The van der Waals surface area contributed by atoms with E-state index in [1.807, 2.05) is 12.1 Å². The molecule has 1 saturated heterocycles. The first-order chi connectivity index (χ1) is 9.62. The Bertz CT molecular complexity index is 379. The number of carbonyl (C=O) groups excluding carboxylic acids is 1. The molecule has 1 amide bonds. The van der Waals surface area contributed by atoms with E-state index < -0.39 is 0 Å². The molecule has 1 rings (SSSR count). The van der Waals surface area contributed by atoms with E-state index in [1.165, 1.54) is 0 Å². The molecule has 6 heteroatoms. The lowest BCUT2D eigenvalue weighted by Crippen LogP contribution is -2.42. The zero-order chi connectivity index (χ0) is 15.0. The first-order valence-corrected chi connectivity index (χ1v) is 7.08. The van der Waals surface area contributed by atoms with Gasteiger partial charge in [-0.05, 0) is 25.8 Å². The SMILES string of the molecule is CC1CC(CN)CN1CC(=O)N(CCC#N)CCC#N. The highest BCUT2D eigenvalue weighted by Crippen LogP contribution is 2.21. The van der Waals surface area contributed by atoms with Gasteiger partial charge < -0.3 is 10.6 Å².